The quantitative estimate of drug-likeness (QED) is 0.937. The number of nitrogens with zero attached hydrogens (tertiary/aromatic N) is 2. The molecule has 0 aliphatic heterocycles. The van der Waals surface area contributed by atoms with Gasteiger partial charge >= 0.3 is 6.03 Å². The van der Waals surface area contributed by atoms with Crippen LogP contribution in [-0.4, -0.2) is 29.0 Å². The van der Waals surface area contributed by atoms with E-state index in [0.29, 0.717) is 5.56 Å². The third kappa shape index (κ3) is 4.03. The second-order valence-corrected chi connectivity index (χ2v) is 5.57. The van der Waals surface area contributed by atoms with E-state index in [1.165, 1.54) is 17.0 Å². The number of pyridine rings is 1. The molecule has 23 heavy (non-hydrogen) atoms. The molecule has 6 heteroatoms. The molecule has 1 aromatic carbocycles. The summed E-state index contributed by atoms with van der Waals surface area (Å²) in [5, 5.41) is 2.76. The van der Waals surface area contributed by atoms with Crippen molar-refractivity contribution in [2.75, 3.05) is 7.05 Å². The maximum Gasteiger partial charge on any atom is 0.318 e. The van der Waals surface area contributed by atoms with Crippen LogP contribution in [0, 0.1) is 11.6 Å². The van der Waals surface area contributed by atoms with Gasteiger partial charge in [-0.2, -0.15) is 0 Å². The van der Waals surface area contributed by atoms with E-state index in [1.807, 2.05) is 13.8 Å². The number of amides is 2. The van der Waals surface area contributed by atoms with E-state index in [2.05, 4.69) is 10.3 Å². The summed E-state index contributed by atoms with van der Waals surface area (Å²) in [5.41, 5.74) is 0.847. The van der Waals surface area contributed by atoms with Crippen LogP contribution >= 0.6 is 0 Å². The molecule has 0 aliphatic rings. The van der Waals surface area contributed by atoms with Crippen molar-refractivity contribution in [2.24, 2.45) is 0 Å². The Morgan fingerprint density at radius 2 is 2.00 bits per heavy atom. The summed E-state index contributed by atoms with van der Waals surface area (Å²) in [4.78, 5) is 17.7. The Hall–Kier alpha value is -2.50. The molecule has 4 nitrogen and oxygen atoms in total. The average molecular weight is 319 g/mol. The second kappa shape index (κ2) is 7.17. The molecule has 1 heterocycles. The molecule has 0 radical (unpaired) electrons. The van der Waals surface area contributed by atoms with Crippen LogP contribution in [0.3, 0.4) is 0 Å². The van der Waals surface area contributed by atoms with Crippen molar-refractivity contribution in [1.82, 2.24) is 15.2 Å². The summed E-state index contributed by atoms with van der Waals surface area (Å²) < 4.78 is 27.5. The first kappa shape index (κ1) is 16.9. The highest BCUT2D eigenvalue weighted by atomic mass is 19.1. The van der Waals surface area contributed by atoms with Crippen molar-refractivity contribution in [2.45, 2.75) is 25.9 Å². The third-order valence-electron chi connectivity index (χ3n) is 3.38. The van der Waals surface area contributed by atoms with E-state index in [4.69, 9.17) is 0 Å². The number of aromatic nitrogens is 1. The van der Waals surface area contributed by atoms with Crippen LogP contribution in [0.5, 0.6) is 0 Å². The zero-order valence-electron chi connectivity index (χ0n) is 13.3. The predicted octanol–water partition coefficient (Wildman–Crippen LogP) is 3.50. The molecule has 2 rings (SSSR count). The summed E-state index contributed by atoms with van der Waals surface area (Å²) in [6.07, 6.45) is 3.16. The van der Waals surface area contributed by atoms with Crippen molar-refractivity contribution in [1.29, 1.82) is 0 Å². The minimum Gasteiger partial charge on any atom is -0.336 e. The van der Waals surface area contributed by atoms with Crippen LogP contribution in [-0.2, 0) is 0 Å². The molecule has 1 unspecified atom stereocenters. The molecule has 0 saturated carbocycles. The van der Waals surface area contributed by atoms with Gasteiger partial charge in [-0.3, -0.25) is 4.98 Å². The Bertz CT molecular complexity index is 677. The fourth-order valence-electron chi connectivity index (χ4n) is 2.34. The molecule has 122 valence electrons. The largest absolute Gasteiger partial charge is 0.336 e. The Morgan fingerprint density at radius 1 is 1.26 bits per heavy atom. The average Bonchev–Trinajstić information content (AvgIpc) is 2.50. The van der Waals surface area contributed by atoms with Gasteiger partial charge in [-0.15, -0.1) is 0 Å². The van der Waals surface area contributed by atoms with Crippen molar-refractivity contribution in [3.05, 3.63) is 65.5 Å². The molecule has 0 spiro atoms. The predicted molar refractivity (Wildman–Crippen MR) is 83.9 cm³/mol. The molecule has 1 aromatic heterocycles. The number of carbonyl (C=O) groups is 1. The van der Waals surface area contributed by atoms with Gasteiger partial charge in [-0.25, -0.2) is 13.6 Å². The maximum atomic E-state index is 14.3. The van der Waals surface area contributed by atoms with Crippen molar-refractivity contribution in [3.63, 3.8) is 0 Å². The fourth-order valence-corrected chi connectivity index (χ4v) is 2.34. The van der Waals surface area contributed by atoms with E-state index >= 15 is 0 Å². The zero-order chi connectivity index (χ0) is 17.0. The zero-order valence-corrected chi connectivity index (χ0v) is 13.3. The maximum absolute atomic E-state index is 14.3. The van der Waals surface area contributed by atoms with Crippen LogP contribution in [0.1, 0.15) is 31.0 Å². The Morgan fingerprint density at radius 3 is 2.57 bits per heavy atom. The Labute approximate surface area is 134 Å². The van der Waals surface area contributed by atoms with E-state index in [9.17, 15) is 13.6 Å². The topological polar surface area (TPSA) is 45.2 Å². The lowest BCUT2D eigenvalue weighted by molar-refractivity contribution is 0.195. The molecule has 1 atom stereocenters. The van der Waals surface area contributed by atoms with Crippen LogP contribution in [0.25, 0.3) is 0 Å². The van der Waals surface area contributed by atoms with Gasteiger partial charge in [0.25, 0.3) is 0 Å². The first-order chi connectivity index (χ1) is 10.9. The van der Waals surface area contributed by atoms with Crippen LogP contribution in [0.15, 0.2) is 42.7 Å². The molecule has 2 aromatic rings. The highest BCUT2D eigenvalue weighted by Crippen LogP contribution is 2.29. The monoisotopic (exact) mass is 319 g/mol. The third-order valence-corrected chi connectivity index (χ3v) is 3.38. The molecule has 2 amide bonds. The summed E-state index contributed by atoms with van der Waals surface area (Å²) in [7, 11) is 1.57. The van der Waals surface area contributed by atoms with Gasteiger partial charge in [0.05, 0.1) is 6.04 Å². The molecular weight excluding hydrogens is 300 g/mol. The molecule has 0 bridgehead atoms. The molecule has 0 saturated heterocycles. The van der Waals surface area contributed by atoms with Gasteiger partial charge in [-0.1, -0.05) is 12.1 Å². The molecular formula is C17H19F2N3O. The first-order valence-corrected chi connectivity index (χ1v) is 7.28. The number of benzene rings is 1. The summed E-state index contributed by atoms with van der Waals surface area (Å²) >= 11 is 0. The number of halogens is 2. The normalized spacial score (nSPS) is 12.1. The SMILES string of the molecule is CC(C)NC(=O)N(C)C(c1cccnc1)c1ccc(F)cc1F. The van der Waals surface area contributed by atoms with Gasteiger partial charge in [0.1, 0.15) is 11.6 Å². The van der Waals surface area contributed by atoms with E-state index < -0.39 is 17.7 Å². The number of hydrogen-bond acceptors (Lipinski definition) is 2. The second-order valence-electron chi connectivity index (χ2n) is 5.57. The van der Waals surface area contributed by atoms with Crippen molar-refractivity contribution in [3.8, 4) is 0 Å². The van der Waals surface area contributed by atoms with Gasteiger partial charge in [0.15, 0.2) is 0 Å². The van der Waals surface area contributed by atoms with Crippen LogP contribution in [0.2, 0.25) is 0 Å². The van der Waals surface area contributed by atoms with Crippen LogP contribution in [0.4, 0.5) is 13.6 Å². The molecule has 1 N–H and O–H groups in total. The van der Waals surface area contributed by atoms with Gasteiger partial charge in [0.2, 0.25) is 0 Å². The Kier molecular flexibility index (Phi) is 5.26. The highest BCUT2D eigenvalue weighted by Gasteiger charge is 2.26. The first-order valence-electron chi connectivity index (χ1n) is 7.28. The Balaban J connectivity index is 2.46. The minimum absolute atomic E-state index is 0.0578. The summed E-state index contributed by atoms with van der Waals surface area (Å²) in [6.45, 7) is 3.67. The lowest BCUT2D eigenvalue weighted by atomic mass is 9.98. The van der Waals surface area contributed by atoms with E-state index in [0.717, 1.165) is 6.07 Å². The van der Waals surface area contributed by atoms with E-state index in [-0.39, 0.29) is 17.6 Å². The summed E-state index contributed by atoms with van der Waals surface area (Å²) in [5.74, 6) is -1.37. The van der Waals surface area contributed by atoms with E-state index in [1.54, 1.807) is 31.6 Å². The minimum atomic E-state index is -0.706. The fraction of sp³-hybridized carbons (Fsp3) is 0.294. The number of carbonyl (C=O) groups excluding carboxylic acids is 1. The number of hydrogen-bond donors (Lipinski definition) is 1. The highest BCUT2D eigenvalue weighted by molar-refractivity contribution is 5.75. The number of rotatable bonds is 4. The van der Waals surface area contributed by atoms with Crippen molar-refractivity contribution >= 4 is 6.03 Å². The van der Waals surface area contributed by atoms with Crippen molar-refractivity contribution < 1.29 is 13.6 Å². The lowest BCUT2D eigenvalue weighted by Crippen LogP contribution is -2.43. The number of nitrogens with one attached hydrogen (secondary N) is 1. The smallest absolute Gasteiger partial charge is 0.318 e. The van der Waals surface area contributed by atoms with Gasteiger partial charge < -0.3 is 10.2 Å². The van der Waals surface area contributed by atoms with Gasteiger partial charge in [0, 0.05) is 37.1 Å². The summed E-state index contributed by atoms with van der Waals surface area (Å²) in [6, 6.07) is 5.68. The van der Waals surface area contributed by atoms with Gasteiger partial charge in [-0.05, 0) is 31.5 Å². The number of urea groups is 1. The standard InChI is InChI=1S/C17H19F2N3O/c1-11(2)21-17(23)22(3)16(12-5-4-8-20-10-12)14-7-6-13(18)9-15(14)19/h4-11,16H,1-3H3,(H,21,23). The molecule has 0 aliphatic carbocycles. The molecule has 0 fully saturated rings. The lowest BCUT2D eigenvalue weighted by Gasteiger charge is -2.30. The van der Waals surface area contributed by atoms with Crippen LogP contribution < -0.4 is 5.32 Å².